The summed E-state index contributed by atoms with van der Waals surface area (Å²) in [5, 5.41) is 5.27. The number of nitrogens with zero attached hydrogens (tertiary/aromatic N) is 1. The number of benzene rings is 3. The van der Waals surface area contributed by atoms with Crippen LogP contribution in [-0.2, 0) is 45.0 Å². The van der Waals surface area contributed by atoms with Gasteiger partial charge >= 0.3 is 0 Å². The molecule has 3 atom stereocenters. The van der Waals surface area contributed by atoms with E-state index in [1.807, 2.05) is 37.3 Å². The maximum atomic E-state index is 13.2. The fourth-order valence-electron chi connectivity index (χ4n) is 5.68. The molecule has 0 fully saturated rings. The molecule has 5 rings (SSSR count). The average molecular weight is 529 g/mol. The number of rotatable bonds is 10. The SMILES string of the molecule is C[C@@H](CNC(=O)[C@@H]1Cc2cccc3c2N1C(=O)[C@@H](N)CC3)OCc1ccc2c(CCCC(N)=O)cccc2c1. The Morgan fingerprint density at radius 1 is 1.13 bits per heavy atom. The van der Waals surface area contributed by atoms with Crippen LogP contribution in [0.2, 0.25) is 0 Å². The molecule has 0 unspecified atom stereocenters. The molecule has 2 aliphatic heterocycles. The molecule has 0 saturated carbocycles. The molecule has 2 heterocycles. The number of anilines is 1. The van der Waals surface area contributed by atoms with Crippen molar-refractivity contribution < 1.29 is 19.1 Å². The van der Waals surface area contributed by atoms with Crippen molar-refractivity contribution in [3.8, 4) is 0 Å². The summed E-state index contributed by atoms with van der Waals surface area (Å²) >= 11 is 0. The highest BCUT2D eigenvalue weighted by atomic mass is 16.5. The van der Waals surface area contributed by atoms with E-state index in [9.17, 15) is 14.4 Å². The van der Waals surface area contributed by atoms with Gasteiger partial charge in [-0.05, 0) is 71.7 Å². The van der Waals surface area contributed by atoms with Crippen LogP contribution in [0.1, 0.15) is 48.4 Å². The number of ether oxygens (including phenoxy) is 1. The normalized spacial score (nSPS) is 19.0. The van der Waals surface area contributed by atoms with E-state index in [0.717, 1.165) is 52.4 Å². The second-order valence-corrected chi connectivity index (χ2v) is 10.7. The van der Waals surface area contributed by atoms with Gasteiger partial charge in [-0.1, -0.05) is 48.5 Å². The number of nitrogens with one attached hydrogen (secondary N) is 1. The van der Waals surface area contributed by atoms with Gasteiger partial charge in [-0.3, -0.25) is 19.3 Å². The number of fused-ring (bicyclic) bond motifs is 1. The Labute approximate surface area is 228 Å². The van der Waals surface area contributed by atoms with Crippen molar-refractivity contribution in [1.29, 1.82) is 0 Å². The number of hydrogen-bond donors (Lipinski definition) is 3. The zero-order valence-electron chi connectivity index (χ0n) is 22.3. The Bertz CT molecular complexity index is 1400. The fourth-order valence-corrected chi connectivity index (χ4v) is 5.68. The summed E-state index contributed by atoms with van der Waals surface area (Å²) in [6, 6.07) is 17.2. The molecule has 204 valence electrons. The maximum Gasteiger partial charge on any atom is 0.244 e. The highest BCUT2D eigenvalue weighted by molar-refractivity contribution is 6.06. The van der Waals surface area contributed by atoms with Gasteiger partial charge in [0, 0.05) is 19.4 Å². The number of hydrogen-bond acceptors (Lipinski definition) is 5. The number of aryl methyl sites for hydroxylation is 2. The Morgan fingerprint density at radius 2 is 1.92 bits per heavy atom. The van der Waals surface area contributed by atoms with Crippen LogP contribution in [0.3, 0.4) is 0 Å². The van der Waals surface area contributed by atoms with Crippen LogP contribution in [0.5, 0.6) is 0 Å². The van der Waals surface area contributed by atoms with E-state index >= 15 is 0 Å². The molecular formula is C31H36N4O4. The minimum absolute atomic E-state index is 0.185. The zero-order chi connectivity index (χ0) is 27.5. The van der Waals surface area contributed by atoms with Crippen molar-refractivity contribution in [1.82, 2.24) is 5.32 Å². The summed E-state index contributed by atoms with van der Waals surface area (Å²) < 4.78 is 6.05. The second kappa shape index (κ2) is 11.6. The topological polar surface area (TPSA) is 128 Å². The smallest absolute Gasteiger partial charge is 0.244 e. The van der Waals surface area contributed by atoms with Crippen molar-refractivity contribution in [2.45, 2.75) is 70.2 Å². The van der Waals surface area contributed by atoms with Gasteiger partial charge in [0.15, 0.2) is 0 Å². The van der Waals surface area contributed by atoms with Gasteiger partial charge in [0.05, 0.1) is 24.4 Å². The Balaban J connectivity index is 1.17. The van der Waals surface area contributed by atoms with Gasteiger partial charge in [0.25, 0.3) is 0 Å². The van der Waals surface area contributed by atoms with Gasteiger partial charge in [0.1, 0.15) is 6.04 Å². The van der Waals surface area contributed by atoms with Crippen LogP contribution in [0.15, 0.2) is 54.6 Å². The molecule has 3 aromatic carbocycles. The molecule has 8 heteroatoms. The van der Waals surface area contributed by atoms with E-state index in [-0.39, 0.29) is 23.8 Å². The lowest BCUT2D eigenvalue weighted by Crippen LogP contribution is -2.53. The molecule has 0 radical (unpaired) electrons. The van der Waals surface area contributed by atoms with Crippen LogP contribution in [0.4, 0.5) is 5.69 Å². The van der Waals surface area contributed by atoms with Gasteiger partial charge in [0.2, 0.25) is 17.7 Å². The molecule has 3 aromatic rings. The average Bonchev–Trinajstić information content (AvgIpc) is 3.27. The first-order valence-electron chi connectivity index (χ1n) is 13.7. The standard InChI is InChI=1S/C31H36N4O4/c1-19(39-18-20-11-13-25-21(6-4-10-28(33)36)5-2-8-23(25)15-20)17-34-30(37)27-16-24-9-3-7-22-12-14-26(32)31(38)35(27)29(22)24/h2-3,5,7-9,11,13,15,19,26-27H,4,6,10,12,14,16-18,32H2,1H3,(H2,33,36)(H,34,37)/t19-,26-,27-/m0/s1. The molecule has 8 nitrogen and oxygen atoms in total. The maximum absolute atomic E-state index is 13.2. The first-order chi connectivity index (χ1) is 18.8. The number of primary amides is 1. The molecule has 0 saturated heterocycles. The Kier molecular flexibility index (Phi) is 7.95. The van der Waals surface area contributed by atoms with Crippen molar-refractivity contribution in [2.75, 3.05) is 11.4 Å². The third kappa shape index (κ3) is 5.82. The molecule has 0 aliphatic carbocycles. The lowest BCUT2D eigenvalue weighted by Gasteiger charge is -2.26. The summed E-state index contributed by atoms with van der Waals surface area (Å²) in [5.41, 5.74) is 16.6. The highest BCUT2D eigenvalue weighted by Crippen LogP contribution is 2.38. The van der Waals surface area contributed by atoms with Crippen molar-refractivity contribution in [2.24, 2.45) is 11.5 Å². The largest absolute Gasteiger partial charge is 0.372 e. The van der Waals surface area contributed by atoms with Crippen LogP contribution in [0, 0.1) is 0 Å². The van der Waals surface area contributed by atoms with Crippen LogP contribution in [-0.4, -0.2) is 42.5 Å². The quantitative estimate of drug-likeness (QED) is 0.373. The monoisotopic (exact) mass is 528 g/mol. The van der Waals surface area contributed by atoms with Crippen molar-refractivity contribution >= 4 is 34.2 Å². The molecular weight excluding hydrogens is 492 g/mol. The van der Waals surface area contributed by atoms with Gasteiger partial charge in [-0.15, -0.1) is 0 Å². The van der Waals surface area contributed by atoms with Crippen LogP contribution in [0.25, 0.3) is 10.8 Å². The summed E-state index contributed by atoms with van der Waals surface area (Å²) in [5.74, 6) is -0.651. The van der Waals surface area contributed by atoms with Crippen LogP contribution >= 0.6 is 0 Å². The number of carbonyl (C=O) groups is 3. The molecule has 39 heavy (non-hydrogen) atoms. The molecule has 2 aliphatic rings. The van der Waals surface area contributed by atoms with Gasteiger partial charge in [-0.2, -0.15) is 0 Å². The highest BCUT2D eigenvalue weighted by Gasteiger charge is 2.42. The predicted molar refractivity (Wildman–Crippen MR) is 151 cm³/mol. The summed E-state index contributed by atoms with van der Waals surface area (Å²) in [7, 11) is 0. The number of para-hydroxylation sites is 1. The first-order valence-corrected chi connectivity index (χ1v) is 13.7. The minimum Gasteiger partial charge on any atom is -0.372 e. The summed E-state index contributed by atoms with van der Waals surface area (Å²) in [4.78, 5) is 39.0. The molecule has 0 spiro atoms. The van der Waals surface area contributed by atoms with E-state index < -0.39 is 12.1 Å². The zero-order valence-corrected chi connectivity index (χ0v) is 22.3. The third-order valence-electron chi connectivity index (χ3n) is 7.75. The lowest BCUT2D eigenvalue weighted by molar-refractivity contribution is -0.127. The molecule has 3 amide bonds. The number of carbonyl (C=O) groups excluding carboxylic acids is 3. The lowest BCUT2D eigenvalue weighted by atomic mass is 9.98. The van der Waals surface area contributed by atoms with E-state index in [2.05, 4.69) is 29.6 Å². The van der Waals surface area contributed by atoms with Crippen LogP contribution < -0.4 is 21.7 Å². The summed E-state index contributed by atoms with van der Waals surface area (Å²) in [6.45, 7) is 2.67. The van der Waals surface area contributed by atoms with Crippen molar-refractivity contribution in [3.05, 3.63) is 76.9 Å². The number of amides is 3. The van der Waals surface area contributed by atoms with Gasteiger partial charge in [-0.25, -0.2) is 0 Å². The Hall–Kier alpha value is -3.75. The fraction of sp³-hybridized carbons (Fsp3) is 0.387. The Morgan fingerprint density at radius 3 is 2.74 bits per heavy atom. The minimum atomic E-state index is -0.603. The molecule has 0 bridgehead atoms. The predicted octanol–water partition coefficient (Wildman–Crippen LogP) is 2.90. The number of nitrogens with two attached hydrogens (primary N) is 2. The van der Waals surface area contributed by atoms with E-state index in [0.29, 0.717) is 32.4 Å². The first kappa shape index (κ1) is 26.8. The second-order valence-electron chi connectivity index (χ2n) is 10.7. The van der Waals surface area contributed by atoms with Gasteiger partial charge < -0.3 is 21.5 Å². The van der Waals surface area contributed by atoms with E-state index in [1.165, 1.54) is 5.56 Å². The van der Waals surface area contributed by atoms with E-state index in [4.69, 9.17) is 16.2 Å². The van der Waals surface area contributed by atoms with E-state index in [1.54, 1.807) is 4.90 Å². The summed E-state index contributed by atoms with van der Waals surface area (Å²) in [6.07, 6.45) is 3.50. The third-order valence-corrected chi connectivity index (χ3v) is 7.75. The molecule has 0 aromatic heterocycles. The molecule has 5 N–H and O–H groups in total. The van der Waals surface area contributed by atoms with Crippen molar-refractivity contribution in [3.63, 3.8) is 0 Å².